The largest absolute Gasteiger partial charge is 0.385 e. The van der Waals surface area contributed by atoms with E-state index in [1.807, 2.05) is 12.1 Å². The molecule has 0 aliphatic heterocycles. The zero-order valence-electron chi connectivity index (χ0n) is 15.8. The van der Waals surface area contributed by atoms with Gasteiger partial charge in [-0.2, -0.15) is 0 Å². The van der Waals surface area contributed by atoms with Gasteiger partial charge in [0.2, 0.25) is 5.91 Å². The number of carbonyl (C=O) groups is 1. The number of nitrogens with zero attached hydrogens (tertiary/aromatic N) is 2. The Balaban J connectivity index is 2.17. The van der Waals surface area contributed by atoms with Crippen LogP contribution in [0.25, 0.3) is 10.9 Å². The molecule has 0 aliphatic rings. The van der Waals surface area contributed by atoms with Gasteiger partial charge in [-0.25, -0.2) is 4.98 Å². The third kappa shape index (κ3) is 6.62. The van der Waals surface area contributed by atoms with Crippen LogP contribution in [0.2, 0.25) is 0 Å². The predicted octanol–water partition coefficient (Wildman–Crippen LogP) is 3.59. The maximum absolute atomic E-state index is 13.0. The fourth-order valence-electron chi connectivity index (χ4n) is 2.63. The molecule has 148 valence electrons. The molecule has 27 heavy (non-hydrogen) atoms. The molecular formula is C19H26BrN3O3S. The van der Waals surface area contributed by atoms with Crippen molar-refractivity contribution in [2.24, 2.45) is 0 Å². The summed E-state index contributed by atoms with van der Waals surface area (Å²) in [5.74, 6) is 0.163. The SMILES string of the molecule is CCCCCn1c(SCC(=O)NCCCOC)nc2ccc(Br)cc2c1=O. The molecular weight excluding hydrogens is 430 g/mol. The average molecular weight is 456 g/mol. The Kier molecular flexibility index (Phi) is 9.30. The van der Waals surface area contributed by atoms with Gasteiger partial charge < -0.3 is 10.1 Å². The van der Waals surface area contributed by atoms with Crippen LogP contribution in [0.1, 0.15) is 32.6 Å². The minimum atomic E-state index is -0.0682. The van der Waals surface area contributed by atoms with E-state index in [1.165, 1.54) is 11.8 Å². The zero-order chi connectivity index (χ0) is 19.6. The van der Waals surface area contributed by atoms with Crippen LogP contribution in [0.5, 0.6) is 0 Å². The van der Waals surface area contributed by atoms with E-state index >= 15 is 0 Å². The molecule has 1 heterocycles. The highest BCUT2D eigenvalue weighted by molar-refractivity contribution is 9.10. The number of ether oxygens (including phenoxy) is 1. The number of hydrogen-bond acceptors (Lipinski definition) is 5. The van der Waals surface area contributed by atoms with Crippen LogP contribution in [0.4, 0.5) is 0 Å². The molecule has 0 unspecified atom stereocenters. The monoisotopic (exact) mass is 455 g/mol. The number of benzene rings is 1. The molecule has 0 saturated carbocycles. The Labute approximate surface area is 172 Å². The molecule has 8 heteroatoms. The quantitative estimate of drug-likeness (QED) is 0.318. The van der Waals surface area contributed by atoms with E-state index < -0.39 is 0 Å². The highest BCUT2D eigenvalue weighted by Crippen LogP contribution is 2.21. The van der Waals surface area contributed by atoms with Crippen molar-refractivity contribution in [3.63, 3.8) is 0 Å². The molecule has 0 aliphatic carbocycles. The summed E-state index contributed by atoms with van der Waals surface area (Å²) < 4.78 is 7.52. The normalized spacial score (nSPS) is 11.1. The second-order valence-corrected chi connectivity index (χ2v) is 8.06. The maximum Gasteiger partial charge on any atom is 0.262 e. The number of thioether (sulfide) groups is 1. The number of amides is 1. The van der Waals surface area contributed by atoms with E-state index in [4.69, 9.17) is 4.74 Å². The van der Waals surface area contributed by atoms with Gasteiger partial charge in [0.05, 0.1) is 16.7 Å². The van der Waals surface area contributed by atoms with Gasteiger partial charge in [0.25, 0.3) is 5.56 Å². The van der Waals surface area contributed by atoms with Gasteiger partial charge in [-0.1, -0.05) is 47.5 Å². The predicted molar refractivity (Wildman–Crippen MR) is 113 cm³/mol. The number of carbonyl (C=O) groups excluding carboxylic acids is 1. The maximum atomic E-state index is 13.0. The number of unbranched alkanes of at least 4 members (excludes halogenated alkanes) is 2. The van der Waals surface area contributed by atoms with Crippen molar-refractivity contribution in [1.82, 2.24) is 14.9 Å². The molecule has 0 spiro atoms. The van der Waals surface area contributed by atoms with Crippen molar-refractivity contribution in [2.75, 3.05) is 26.0 Å². The van der Waals surface area contributed by atoms with Crippen LogP contribution in [-0.2, 0) is 16.1 Å². The lowest BCUT2D eigenvalue weighted by Gasteiger charge is -2.13. The third-order valence-electron chi connectivity index (χ3n) is 4.05. The van der Waals surface area contributed by atoms with Gasteiger partial charge in [0.1, 0.15) is 0 Å². The summed E-state index contributed by atoms with van der Waals surface area (Å²) in [5.41, 5.74) is 0.596. The number of rotatable bonds is 11. The van der Waals surface area contributed by atoms with Crippen molar-refractivity contribution in [3.8, 4) is 0 Å². The number of methoxy groups -OCH3 is 1. The van der Waals surface area contributed by atoms with Crippen LogP contribution in [-0.4, -0.2) is 41.5 Å². The van der Waals surface area contributed by atoms with Gasteiger partial charge in [-0.15, -0.1) is 0 Å². The lowest BCUT2D eigenvalue weighted by molar-refractivity contribution is -0.118. The Hall–Kier alpha value is -1.38. The van der Waals surface area contributed by atoms with Gasteiger partial charge >= 0.3 is 0 Å². The molecule has 2 aromatic rings. The van der Waals surface area contributed by atoms with Crippen molar-refractivity contribution >= 4 is 44.5 Å². The number of fused-ring (bicyclic) bond motifs is 1. The fourth-order valence-corrected chi connectivity index (χ4v) is 3.84. The van der Waals surface area contributed by atoms with Crippen LogP contribution < -0.4 is 10.9 Å². The average Bonchev–Trinajstić information content (AvgIpc) is 2.66. The minimum absolute atomic E-state index is 0.0552. The summed E-state index contributed by atoms with van der Waals surface area (Å²) in [4.78, 5) is 29.7. The van der Waals surface area contributed by atoms with E-state index in [0.29, 0.717) is 35.8 Å². The third-order valence-corrected chi connectivity index (χ3v) is 5.52. The van der Waals surface area contributed by atoms with Crippen molar-refractivity contribution in [2.45, 2.75) is 44.3 Å². The van der Waals surface area contributed by atoms with E-state index in [9.17, 15) is 9.59 Å². The molecule has 0 radical (unpaired) electrons. The molecule has 1 N–H and O–H groups in total. The zero-order valence-corrected chi connectivity index (χ0v) is 18.2. The molecule has 2 rings (SSSR count). The molecule has 1 amide bonds. The lowest BCUT2D eigenvalue weighted by atomic mass is 10.2. The first-order valence-electron chi connectivity index (χ1n) is 9.15. The van der Waals surface area contributed by atoms with Crippen molar-refractivity contribution < 1.29 is 9.53 Å². The highest BCUT2D eigenvalue weighted by atomic mass is 79.9. The molecule has 0 bridgehead atoms. The van der Waals surface area contributed by atoms with E-state index in [-0.39, 0.29) is 17.2 Å². The topological polar surface area (TPSA) is 73.2 Å². The molecule has 1 aromatic carbocycles. The van der Waals surface area contributed by atoms with Crippen molar-refractivity contribution in [1.29, 1.82) is 0 Å². The molecule has 0 saturated heterocycles. The molecule has 6 nitrogen and oxygen atoms in total. The Morgan fingerprint density at radius 3 is 2.89 bits per heavy atom. The van der Waals surface area contributed by atoms with Gasteiger partial charge in [0.15, 0.2) is 5.16 Å². The van der Waals surface area contributed by atoms with Crippen LogP contribution >= 0.6 is 27.7 Å². The molecule has 0 fully saturated rings. The smallest absolute Gasteiger partial charge is 0.262 e. The first-order chi connectivity index (χ1) is 13.1. The van der Waals surface area contributed by atoms with Crippen LogP contribution in [0, 0.1) is 0 Å². The summed E-state index contributed by atoms with van der Waals surface area (Å²) in [6.45, 7) is 3.93. The van der Waals surface area contributed by atoms with Gasteiger partial charge in [0, 0.05) is 31.3 Å². The van der Waals surface area contributed by atoms with Crippen LogP contribution in [0.15, 0.2) is 32.6 Å². The molecule has 0 atom stereocenters. The van der Waals surface area contributed by atoms with E-state index in [2.05, 4.69) is 33.2 Å². The number of hydrogen-bond donors (Lipinski definition) is 1. The lowest BCUT2D eigenvalue weighted by Crippen LogP contribution is -2.28. The second-order valence-electron chi connectivity index (χ2n) is 6.20. The first kappa shape index (κ1) is 21.9. The van der Waals surface area contributed by atoms with Crippen molar-refractivity contribution in [3.05, 3.63) is 33.0 Å². The first-order valence-corrected chi connectivity index (χ1v) is 10.9. The summed E-state index contributed by atoms with van der Waals surface area (Å²) >= 11 is 4.72. The molecule has 1 aromatic heterocycles. The number of halogens is 1. The Morgan fingerprint density at radius 2 is 2.15 bits per heavy atom. The number of aromatic nitrogens is 2. The summed E-state index contributed by atoms with van der Waals surface area (Å²) in [7, 11) is 1.64. The van der Waals surface area contributed by atoms with E-state index in [0.717, 1.165) is 30.2 Å². The summed E-state index contributed by atoms with van der Waals surface area (Å²) in [6, 6.07) is 5.50. The second kappa shape index (κ2) is 11.5. The Morgan fingerprint density at radius 1 is 1.33 bits per heavy atom. The standard InChI is InChI=1S/C19H26BrN3O3S/c1-3-4-5-10-23-18(25)15-12-14(20)7-8-16(15)22-19(23)27-13-17(24)21-9-6-11-26-2/h7-8,12H,3-6,9-11,13H2,1-2H3,(H,21,24). The number of nitrogens with one attached hydrogen (secondary N) is 1. The van der Waals surface area contributed by atoms with Gasteiger partial charge in [-0.05, 0) is 31.0 Å². The van der Waals surface area contributed by atoms with Crippen LogP contribution in [0.3, 0.4) is 0 Å². The fraction of sp³-hybridized carbons (Fsp3) is 0.526. The van der Waals surface area contributed by atoms with E-state index in [1.54, 1.807) is 17.7 Å². The summed E-state index contributed by atoms with van der Waals surface area (Å²) in [6.07, 6.45) is 3.81. The summed E-state index contributed by atoms with van der Waals surface area (Å²) in [5, 5.41) is 4.04. The highest BCUT2D eigenvalue weighted by Gasteiger charge is 2.13. The Bertz CT molecular complexity index is 826. The minimum Gasteiger partial charge on any atom is -0.385 e. The van der Waals surface area contributed by atoms with Gasteiger partial charge in [-0.3, -0.25) is 14.2 Å².